The van der Waals surface area contributed by atoms with Crippen molar-refractivity contribution in [1.82, 2.24) is 4.98 Å². The molecule has 0 atom stereocenters. The second kappa shape index (κ2) is 8.40. The fraction of sp³-hybridized carbons (Fsp3) is 0.158. The molecule has 3 rings (SSSR count). The van der Waals surface area contributed by atoms with Gasteiger partial charge in [0.1, 0.15) is 10.6 Å². The first-order chi connectivity index (χ1) is 13.7. The van der Waals surface area contributed by atoms with Gasteiger partial charge in [0.25, 0.3) is 15.9 Å². The predicted molar refractivity (Wildman–Crippen MR) is 115 cm³/mol. The van der Waals surface area contributed by atoms with E-state index in [2.05, 4.69) is 15.0 Å². The molecule has 152 valence electrons. The third-order valence-electron chi connectivity index (χ3n) is 3.97. The lowest BCUT2D eigenvalue weighted by Gasteiger charge is -2.07. The average molecular weight is 452 g/mol. The van der Waals surface area contributed by atoms with Crippen LogP contribution in [0.2, 0.25) is 5.02 Å². The summed E-state index contributed by atoms with van der Waals surface area (Å²) < 4.78 is 32.5. The summed E-state index contributed by atoms with van der Waals surface area (Å²) in [5.41, 5.74) is 1.84. The van der Waals surface area contributed by atoms with E-state index in [0.717, 1.165) is 16.9 Å². The lowest BCUT2D eigenvalue weighted by molar-refractivity contribution is 0.103. The van der Waals surface area contributed by atoms with E-state index in [4.69, 9.17) is 16.3 Å². The standard InChI is InChI=1S/C19H18ClN3O4S2/c1-11-4-7-14(8-5-11)29(25,26)23-19-21-12(2)17(28-19)18(24)22-13-6-9-16(27-3)15(20)10-13/h4-10H,1-3H3,(H,21,23)(H,22,24). The second-order valence-electron chi connectivity index (χ2n) is 6.16. The smallest absolute Gasteiger partial charge is 0.267 e. The van der Waals surface area contributed by atoms with Crippen LogP contribution in [0.3, 0.4) is 0 Å². The van der Waals surface area contributed by atoms with Crippen molar-refractivity contribution in [3.05, 3.63) is 63.6 Å². The third-order valence-corrected chi connectivity index (χ3v) is 6.82. The van der Waals surface area contributed by atoms with E-state index in [1.54, 1.807) is 37.3 Å². The molecule has 1 heterocycles. The van der Waals surface area contributed by atoms with Crippen LogP contribution in [-0.4, -0.2) is 26.4 Å². The van der Waals surface area contributed by atoms with Crippen LogP contribution in [0, 0.1) is 13.8 Å². The number of carbonyl (C=O) groups excluding carboxylic acids is 1. The fourth-order valence-corrected chi connectivity index (χ4v) is 4.83. The molecule has 0 unspecified atom stereocenters. The highest BCUT2D eigenvalue weighted by Gasteiger charge is 2.20. The SMILES string of the molecule is COc1ccc(NC(=O)c2sc(NS(=O)(=O)c3ccc(C)cc3)nc2C)cc1Cl. The molecule has 1 amide bonds. The number of anilines is 2. The summed E-state index contributed by atoms with van der Waals surface area (Å²) in [6.07, 6.45) is 0. The molecule has 0 aliphatic heterocycles. The fourth-order valence-electron chi connectivity index (χ4n) is 2.47. The largest absolute Gasteiger partial charge is 0.495 e. The minimum Gasteiger partial charge on any atom is -0.495 e. The Bertz CT molecular complexity index is 1160. The Hall–Kier alpha value is -2.62. The Morgan fingerprint density at radius 2 is 1.83 bits per heavy atom. The lowest BCUT2D eigenvalue weighted by atomic mass is 10.2. The van der Waals surface area contributed by atoms with Gasteiger partial charge in [0.15, 0.2) is 5.13 Å². The molecule has 0 fully saturated rings. The lowest BCUT2D eigenvalue weighted by Crippen LogP contribution is -2.12. The number of nitrogens with zero attached hydrogens (tertiary/aromatic N) is 1. The first-order valence-electron chi connectivity index (χ1n) is 8.41. The second-order valence-corrected chi connectivity index (χ2v) is 9.24. The maximum atomic E-state index is 12.6. The van der Waals surface area contributed by atoms with E-state index in [-0.39, 0.29) is 10.0 Å². The van der Waals surface area contributed by atoms with Crippen LogP contribution in [0.5, 0.6) is 5.75 Å². The summed E-state index contributed by atoms with van der Waals surface area (Å²) in [4.78, 5) is 17.2. The highest BCUT2D eigenvalue weighted by Crippen LogP contribution is 2.29. The Balaban J connectivity index is 1.78. The summed E-state index contributed by atoms with van der Waals surface area (Å²) in [5, 5.41) is 3.19. The maximum Gasteiger partial charge on any atom is 0.267 e. The molecule has 0 bridgehead atoms. The number of methoxy groups -OCH3 is 1. The molecule has 2 N–H and O–H groups in total. The van der Waals surface area contributed by atoms with Crippen LogP contribution in [0.15, 0.2) is 47.4 Å². The number of sulfonamides is 1. The topological polar surface area (TPSA) is 97.4 Å². The van der Waals surface area contributed by atoms with Gasteiger partial charge in [-0.2, -0.15) is 0 Å². The molecule has 0 spiro atoms. The van der Waals surface area contributed by atoms with Crippen LogP contribution in [0.1, 0.15) is 20.9 Å². The Kier molecular flexibility index (Phi) is 6.11. The number of rotatable bonds is 6. The number of nitrogens with one attached hydrogen (secondary N) is 2. The molecule has 10 heteroatoms. The van der Waals surface area contributed by atoms with Crippen LogP contribution >= 0.6 is 22.9 Å². The zero-order valence-corrected chi connectivity index (χ0v) is 18.2. The molecule has 3 aromatic rings. The third kappa shape index (κ3) is 4.87. The van der Waals surface area contributed by atoms with Crippen molar-refractivity contribution in [2.75, 3.05) is 17.1 Å². The first kappa shape index (κ1) is 21.1. The van der Waals surface area contributed by atoms with Crippen LogP contribution < -0.4 is 14.8 Å². The van der Waals surface area contributed by atoms with E-state index >= 15 is 0 Å². The van der Waals surface area contributed by atoms with Crippen LogP contribution in [0.25, 0.3) is 0 Å². The van der Waals surface area contributed by atoms with Crippen molar-refractivity contribution in [3.8, 4) is 5.75 Å². The van der Waals surface area contributed by atoms with E-state index < -0.39 is 15.9 Å². The number of aryl methyl sites for hydroxylation is 2. The van der Waals surface area contributed by atoms with Gasteiger partial charge in [-0.1, -0.05) is 40.6 Å². The molecule has 0 aliphatic rings. The number of amides is 1. The highest BCUT2D eigenvalue weighted by atomic mass is 35.5. The number of hydrogen-bond acceptors (Lipinski definition) is 6. The van der Waals surface area contributed by atoms with Gasteiger partial charge >= 0.3 is 0 Å². The van der Waals surface area contributed by atoms with Crippen LogP contribution in [0.4, 0.5) is 10.8 Å². The molecular weight excluding hydrogens is 434 g/mol. The van der Waals surface area contributed by atoms with Crippen molar-refractivity contribution in [3.63, 3.8) is 0 Å². The number of benzene rings is 2. The normalized spacial score (nSPS) is 11.2. The molecule has 0 saturated carbocycles. The van der Waals surface area contributed by atoms with E-state index in [1.165, 1.54) is 19.2 Å². The summed E-state index contributed by atoms with van der Waals surface area (Å²) in [7, 11) is -2.30. The number of hydrogen-bond donors (Lipinski definition) is 2. The minimum atomic E-state index is -3.80. The average Bonchev–Trinajstić information content (AvgIpc) is 3.02. The summed E-state index contributed by atoms with van der Waals surface area (Å²) in [6, 6.07) is 11.3. The quantitative estimate of drug-likeness (QED) is 0.576. The Labute approximate surface area is 177 Å². The molecule has 0 saturated heterocycles. The molecular formula is C19H18ClN3O4S2. The van der Waals surface area contributed by atoms with Gasteiger partial charge in [-0.3, -0.25) is 9.52 Å². The minimum absolute atomic E-state index is 0.112. The number of thiazole rings is 1. The Morgan fingerprint density at radius 1 is 1.14 bits per heavy atom. The van der Waals surface area contributed by atoms with Gasteiger partial charge in [0.2, 0.25) is 0 Å². The number of aromatic nitrogens is 1. The highest BCUT2D eigenvalue weighted by molar-refractivity contribution is 7.93. The number of halogens is 1. The van der Waals surface area contributed by atoms with Crippen molar-refractivity contribution in [1.29, 1.82) is 0 Å². The monoisotopic (exact) mass is 451 g/mol. The molecule has 7 nitrogen and oxygen atoms in total. The number of carbonyl (C=O) groups is 1. The first-order valence-corrected chi connectivity index (χ1v) is 11.1. The summed E-state index contributed by atoms with van der Waals surface area (Å²) >= 11 is 7.02. The molecule has 0 radical (unpaired) electrons. The van der Waals surface area contributed by atoms with Gasteiger partial charge in [-0.25, -0.2) is 13.4 Å². The van der Waals surface area contributed by atoms with Crippen molar-refractivity contribution < 1.29 is 17.9 Å². The summed E-state index contributed by atoms with van der Waals surface area (Å²) in [5.74, 6) is 0.0773. The van der Waals surface area contributed by atoms with Crippen molar-refractivity contribution >= 4 is 49.7 Å². The zero-order chi connectivity index (χ0) is 21.2. The summed E-state index contributed by atoms with van der Waals surface area (Å²) in [6.45, 7) is 3.50. The molecule has 2 aromatic carbocycles. The van der Waals surface area contributed by atoms with Crippen molar-refractivity contribution in [2.45, 2.75) is 18.7 Å². The van der Waals surface area contributed by atoms with Gasteiger partial charge in [0.05, 0.1) is 22.7 Å². The predicted octanol–water partition coefficient (Wildman–Crippen LogP) is 4.48. The van der Waals surface area contributed by atoms with Crippen LogP contribution in [-0.2, 0) is 10.0 Å². The van der Waals surface area contributed by atoms with Gasteiger partial charge in [-0.15, -0.1) is 0 Å². The van der Waals surface area contributed by atoms with Crippen molar-refractivity contribution in [2.24, 2.45) is 0 Å². The van der Waals surface area contributed by atoms with Gasteiger partial charge in [0, 0.05) is 5.69 Å². The number of ether oxygens (including phenoxy) is 1. The van der Waals surface area contributed by atoms with Gasteiger partial charge < -0.3 is 10.1 Å². The van der Waals surface area contributed by atoms with E-state index in [9.17, 15) is 13.2 Å². The van der Waals surface area contributed by atoms with E-state index in [0.29, 0.717) is 27.0 Å². The van der Waals surface area contributed by atoms with Gasteiger partial charge in [-0.05, 0) is 44.2 Å². The molecule has 29 heavy (non-hydrogen) atoms. The van der Waals surface area contributed by atoms with E-state index in [1.807, 2.05) is 6.92 Å². The zero-order valence-electron chi connectivity index (χ0n) is 15.8. The maximum absolute atomic E-state index is 12.6. The Morgan fingerprint density at radius 3 is 2.45 bits per heavy atom. The molecule has 0 aliphatic carbocycles. The molecule has 1 aromatic heterocycles.